The monoisotopic (exact) mass is 298 g/mol. The maximum Gasteiger partial charge on any atom is 0.0839 e. The number of aliphatic hydroxyl groups is 1. The predicted octanol–water partition coefficient (Wildman–Crippen LogP) is 2.00. The molecule has 2 N–H and O–H groups in total. The summed E-state index contributed by atoms with van der Waals surface area (Å²) in [5.41, 5.74) is 1.16. The first-order valence-corrected chi connectivity index (χ1v) is 6.69. The second-order valence-electron chi connectivity index (χ2n) is 5.28. The molecular weight excluding hydrogens is 280 g/mol. The highest BCUT2D eigenvalue weighted by atomic mass is 79.9. The number of nitrogens with one attached hydrogen (secondary N) is 1. The molecule has 1 unspecified atom stereocenters. The van der Waals surface area contributed by atoms with Crippen molar-refractivity contribution in [2.24, 2.45) is 0 Å². The van der Waals surface area contributed by atoms with Crippen molar-refractivity contribution in [2.75, 3.05) is 24.5 Å². The number of hydrogen-bond donors (Lipinski definition) is 2. The van der Waals surface area contributed by atoms with Crippen molar-refractivity contribution >= 4 is 21.6 Å². The molecule has 1 atom stereocenters. The van der Waals surface area contributed by atoms with Crippen molar-refractivity contribution in [3.8, 4) is 0 Å². The van der Waals surface area contributed by atoms with Crippen LogP contribution in [-0.2, 0) is 0 Å². The lowest BCUT2D eigenvalue weighted by Gasteiger charge is -2.31. The third kappa shape index (κ3) is 3.44. The average Bonchev–Trinajstić information content (AvgIpc) is 2.38. The van der Waals surface area contributed by atoms with E-state index in [4.69, 9.17) is 0 Å². The third-order valence-electron chi connectivity index (χ3n) is 3.01. The molecule has 94 valence electrons. The fourth-order valence-electron chi connectivity index (χ4n) is 2.18. The smallest absolute Gasteiger partial charge is 0.0839 e. The van der Waals surface area contributed by atoms with Gasteiger partial charge in [0.1, 0.15) is 0 Å². The van der Waals surface area contributed by atoms with E-state index < -0.39 is 0 Å². The molecule has 17 heavy (non-hydrogen) atoms. The fourth-order valence-corrected chi connectivity index (χ4v) is 2.57. The summed E-state index contributed by atoms with van der Waals surface area (Å²) < 4.78 is 1.07. The number of benzene rings is 1. The van der Waals surface area contributed by atoms with E-state index in [2.05, 4.69) is 52.1 Å². The summed E-state index contributed by atoms with van der Waals surface area (Å²) in [5.74, 6) is 0. The minimum absolute atomic E-state index is 0.0137. The maximum atomic E-state index is 9.91. The lowest BCUT2D eigenvalue weighted by atomic mass is 10.1. The van der Waals surface area contributed by atoms with Crippen molar-refractivity contribution < 1.29 is 5.11 Å². The molecule has 0 aromatic heterocycles. The second-order valence-corrected chi connectivity index (χ2v) is 6.19. The highest BCUT2D eigenvalue weighted by molar-refractivity contribution is 9.10. The number of rotatable bonds is 1. The van der Waals surface area contributed by atoms with Crippen LogP contribution in [0.15, 0.2) is 28.7 Å². The van der Waals surface area contributed by atoms with E-state index in [0.717, 1.165) is 16.7 Å². The molecule has 1 aliphatic heterocycles. The van der Waals surface area contributed by atoms with E-state index >= 15 is 0 Å². The van der Waals surface area contributed by atoms with Gasteiger partial charge in [0.15, 0.2) is 0 Å². The van der Waals surface area contributed by atoms with Crippen molar-refractivity contribution in [3.05, 3.63) is 28.7 Å². The summed E-state index contributed by atoms with van der Waals surface area (Å²) in [7, 11) is 0. The van der Waals surface area contributed by atoms with Gasteiger partial charge in [0.25, 0.3) is 0 Å². The first-order chi connectivity index (χ1) is 7.96. The number of nitrogens with zero attached hydrogens (tertiary/aromatic N) is 1. The predicted molar refractivity (Wildman–Crippen MR) is 74.4 cm³/mol. The summed E-state index contributed by atoms with van der Waals surface area (Å²) in [5, 5.41) is 13.3. The third-order valence-corrected chi connectivity index (χ3v) is 3.50. The van der Waals surface area contributed by atoms with Crippen molar-refractivity contribution in [1.82, 2.24) is 5.32 Å². The Bertz CT molecular complexity index is 395. The van der Waals surface area contributed by atoms with Crippen LogP contribution in [0.5, 0.6) is 0 Å². The van der Waals surface area contributed by atoms with Crippen LogP contribution in [0.1, 0.15) is 13.8 Å². The van der Waals surface area contributed by atoms with Crippen LogP contribution >= 0.6 is 15.9 Å². The summed E-state index contributed by atoms with van der Waals surface area (Å²) in [4.78, 5) is 2.23. The first kappa shape index (κ1) is 12.9. The molecule has 0 amide bonds. The fraction of sp³-hybridized carbons (Fsp3) is 0.538. The van der Waals surface area contributed by atoms with Gasteiger partial charge in [-0.05, 0) is 32.0 Å². The minimum atomic E-state index is -0.323. The molecule has 4 heteroatoms. The minimum Gasteiger partial charge on any atom is -0.390 e. The van der Waals surface area contributed by atoms with Gasteiger partial charge in [-0.1, -0.05) is 22.0 Å². The Balaban J connectivity index is 2.23. The zero-order valence-electron chi connectivity index (χ0n) is 10.3. The lowest BCUT2D eigenvalue weighted by Crippen LogP contribution is -2.46. The number of halogens is 1. The van der Waals surface area contributed by atoms with Crippen LogP contribution in [-0.4, -0.2) is 36.4 Å². The Labute approximate surface area is 111 Å². The van der Waals surface area contributed by atoms with Gasteiger partial charge in [0.2, 0.25) is 0 Å². The first-order valence-electron chi connectivity index (χ1n) is 5.90. The maximum absolute atomic E-state index is 9.91. The standard InChI is InChI=1S/C13H19BrN2O/c1-13(2)9-16(8-12(17)7-15-13)11-5-3-4-10(14)6-11/h3-6,12,15,17H,7-9H2,1-2H3. The molecule has 0 bridgehead atoms. The molecule has 1 heterocycles. The zero-order chi connectivity index (χ0) is 12.5. The van der Waals surface area contributed by atoms with Crippen LogP contribution in [0.3, 0.4) is 0 Å². The molecule has 0 aliphatic carbocycles. The summed E-state index contributed by atoms with van der Waals surface area (Å²) in [6.07, 6.45) is -0.323. The Hall–Kier alpha value is -0.580. The van der Waals surface area contributed by atoms with Gasteiger partial charge in [0, 0.05) is 35.3 Å². The van der Waals surface area contributed by atoms with Crippen LogP contribution in [0.25, 0.3) is 0 Å². The molecule has 3 nitrogen and oxygen atoms in total. The largest absolute Gasteiger partial charge is 0.390 e. The SMILES string of the molecule is CC1(C)CN(c2cccc(Br)c2)CC(O)CN1. The van der Waals surface area contributed by atoms with E-state index in [9.17, 15) is 5.11 Å². The van der Waals surface area contributed by atoms with Gasteiger partial charge in [-0.25, -0.2) is 0 Å². The Morgan fingerprint density at radius 2 is 2.24 bits per heavy atom. The normalized spacial score (nSPS) is 24.5. The molecule has 1 saturated heterocycles. The molecule has 0 radical (unpaired) electrons. The quantitative estimate of drug-likeness (QED) is 0.832. The molecule has 1 aliphatic rings. The van der Waals surface area contributed by atoms with Gasteiger partial charge >= 0.3 is 0 Å². The van der Waals surface area contributed by atoms with Gasteiger partial charge in [0.05, 0.1) is 6.10 Å². The van der Waals surface area contributed by atoms with Crippen molar-refractivity contribution in [3.63, 3.8) is 0 Å². The number of β-amino-alcohol motifs (C(OH)–C–C–N with tert-alkyl or cyclic N) is 1. The summed E-state index contributed by atoms with van der Waals surface area (Å²) in [6, 6.07) is 8.21. The number of aliphatic hydroxyl groups excluding tert-OH is 1. The van der Waals surface area contributed by atoms with Gasteiger partial charge < -0.3 is 15.3 Å². The van der Waals surface area contributed by atoms with Crippen molar-refractivity contribution in [2.45, 2.75) is 25.5 Å². The van der Waals surface area contributed by atoms with E-state index in [0.29, 0.717) is 13.1 Å². The molecular formula is C13H19BrN2O. The van der Waals surface area contributed by atoms with E-state index in [-0.39, 0.29) is 11.6 Å². The molecule has 1 fully saturated rings. The Morgan fingerprint density at radius 1 is 1.47 bits per heavy atom. The number of hydrogen-bond acceptors (Lipinski definition) is 3. The van der Waals surface area contributed by atoms with Crippen LogP contribution in [0.2, 0.25) is 0 Å². The summed E-state index contributed by atoms with van der Waals surface area (Å²) >= 11 is 3.49. The van der Waals surface area contributed by atoms with Gasteiger partial charge in [-0.15, -0.1) is 0 Å². The number of anilines is 1. The lowest BCUT2D eigenvalue weighted by molar-refractivity contribution is 0.179. The molecule has 2 rings (SSSR count). The zero-order valence-corrected chi connectivity index (χ0v) is 11.9. The van der Waals surface area contributed by atoms with E-state index in [1.807, 2.05) is 12.1 Å². The van der Waals surface area contributed by atoms with E-state index in [1.165, 1.54) is 0 Å². The van der Waals surface area contributed by atoms with Crippen LogP contribution in [0, 0.1) is 0 Å². The molecule has 1 aromatic carbocycles. The van der Waals surface area contributed by atoms with Crippen LogP contribution < -0.4 is 10.2 Å². The molecule has 0 spiro atoms. The van der Waals surface area contributed by atoms with Crippen LogP contribution in [0.4, 0.5) is 5.69 Å². The topological polar surface area (TPSA) is 35.5 Å². The Morgan fingerprint density at radius 3 is 2.94 bits per heavy atom. The summed E-state index contributed by atoms with van der Waals surface area (Å²) in [6.45, 7) is 6.54. The van der Waals surface area contributed by atoms with Gasteiger partial charge in [-0.3, -0.25) is 0 Å². The molecule has 1 aromatic rings. The van der Waals surface area contributed by atoms with E-state index in [1.54, 1.807) is 0 Å². The molecule has 0 saturated carbocycles. The highest BCUT2D eigenvalue weighted by Crippen LogP contribution is 2.23. The Kier molecular flexibility index (Phi) is 3.76. The average molecular weight is 299 g/mol. The van der Waals surface area contributed by atoms with Crippen molar-refractivity contribution in [1.29, 1.82) is 0 Å². The second kappa shape index (κ2) is 4.96. The van der Waals surface area contributed by atoms with Gasteiger partial charge in [-0.2, -0.15) is 0 Å². The highest BCUT2D eigenvalue weighted by Gasteiger charge is 2.27.